The van der Waals surface area contributed by atoms with Gasteiger partial charge in [0.05, 0.1) is 12.6 Å². The smallest absolute Gasteiger partial charge is 0.240 e. The van der Waals surface area contributed by atoms with Crippen LogP contribution in [0.1, 0.15) is 32.1 Å². The Bertz CT molecular complexity index is 292. The van der Waals surface area contributed by atoms with Gasteiger partial charge in [-0.3, -0.25) is 4.79 Å². The van der Waals surface area contributed by atoms with Crippen LogP contribution in [0.5, 0.6) is 0 Å². The summed E-state index contributed by atoms with van der Waals surface area (Å²) in [5, 5.41) is 12.5. The molecule has 3 atom stereocenters. The number of amides is 1. The van der Waals surface area contributed by atoms with Crippen LogP contribution in [0.3, 0.4) is 0 Å². The van der Waals surface area contributed by atoms with E-state index in [0.717, 1.165) is 6.42 Å². The lowest BCUT2D eigenvalue weighted by molar-refractivity contribution is -0.133. The summed E-state index contributed by atoms with van der Waals surface area (Å²) in [6.07, 6.45) is 7.72. The predicted molar refractivity (Wildman–Crippen MR) is 71.1 cm³/mol. The van der Waals surface area contributed by atoms with Gasteiger partial charge < -0.3 is 15.3 Å². The van der Waals surface area contributed by atoms with Crippen molar-refractivity contribution in [2.75, 3.05) is 19.7 Å². The van der Waals surface area contributed by atoms with Crippen LogP contribution in [0.4, 0.5) is 0 Å². The molecule has 2 N–H and O–H groups in total. The zero-order valence-corrected chi connectivity index (χ0v) is 11.0. The number of aliphatic hydroxyl groups excluding tert-OH is 1. The summed E-state index contributed by atoms with van der Waals surface area (Å²) >= 11 is 0. The Morgan fingerprint density at radius 2 is 2.22 bits per heavy atom. The molecule has 0 aromatic carbocycles. The van der Waals surface area contributed by atoms with Crippen molar-refractivity contribution in [2.24, 2.45) is 5.92 Å². The monoisotopic (exact) mass is 252 g/mol. The Morgan fingerprint density at radius 1 is 1.44 bits per heavy atom. The van der Waals surface area contributed by atoms with E-state index in [1.807, 2.05) is 0 Å². The minimum absolute atomic E-state index is 0.0131. The molecule has 1 saturated heterocycles. The summed E-state index contributed by atoms with van der Waals surface area (Å²) in [6.45, 7) is 4.60. The second kappa shape index (κ2) is 6.34. The van der Waals surface area contributed by atoms with Crippen molar-refractivity contribution in [2.45, 2.75) is 44.2 Å². The lowest BCUT2D eigenvalue weighted by Gasteiger charge is -2.25. The molecular formula is C14H24N2O2. The maximum Gasteiger partial charge on any atom is 0.240 e. The van der Waals surface area contributed by atoms with E-state index in [1.165, 1.54) is 25.7 Å². The molecule has 1 amide bonds. The highest BCUT2D eigenvalue weighted by Crippen LogP contribution is 2.33. The van der Waals surface area contributed by atoms with Gasteiger partial charge in [0.25, 0.3) is 0 Å². The van der Waals surface area contributed by atoms with E-state index in [9.17, 15) is 4.79 Å². The van der Waals surface area contributed by atoms with E-state index in [2.05, 4.69) is 11.9 Å². The minimum atomic E-state index is -0.0513. The average Bonchev–Trinajstić information content (AvgIpc) is 2.81. The Kier molecular flexibility index (Phi) is 4.78. The third-order valence-corrected chi connectivity index (χ3v) is 4.19. The Balaban J connectivity index is 1.93. The first-order valence-corrected chi connectivity index (χ1v) is 7.03. The van der Waals surface area contributed by atoms with E-state index in [4.69, 9.17) is 5.11 Å². The number of aliphatic hydroxyl groups is 1. The molecule has 4 heteroatoms. The van der Waals surface area contributed by atoms with Crippen LogP contribution in [0, 0.1) is 5.92 Å². The number of fused-ring (bicyclic) bond motifs is 1. The van der Waals surface area contributed by atoms with E-state index >= 15 is 0 Å². The third-order valence-electron chi connectivity index (χ3n) is 4.19. The van der Waals surface area contributed by atoms with Gasteiger partial charge in [0.1, 0.15) is 0 Å². The van der Waals surface area contributed by atoms with Gasteiger partial charge in [0.15, 0.2) is 0 Å². The highest BCUT2D eigenvalue weighted by molar-refractivity contribution is 5.82. The summed E-state index contributed by atoms with van der Waals surface area (Å²) in [5.41, 5.74) is 0. The molecule has 1 aliphatic carbocycles. The fraction of sp³-hybridized carbons (Fsp3) is 0.786. The van der Waals surface area contributed by atoms with E-state index in [0.29, 0.717) is 25.0 Å². The van der Waals surface area contributed by atoms with Crippen molar-refractivity contribution >= 4 is 5.91 Å². The zero-order valence-electron chi connectivity index (χ0n) is 11.0. The molecular weight excluding hydrogens is 228 g/mol. The fourth-order valence-corrected chi connectivity index (χ4v) is 3.30. The molecule has 1 aliphatic heterocycles. The van der Waals surface area contributed by atoms with Crippen molar-refractivity contribution in [1.82, 2.24) is 10.2 Å². The molecule has 0 aromatic rings. The van der Waals surface area contributed by atoms with E-state index < -0.39 is 0 Å². The molecule has 18 heavy (non-hydrogen) atoms. The van der Waals surface area contributed by atoms with Crippen LogP contribution in [0.2, 0.25) is 0 Å². The Morgan fingerprint density at radius 3 is 2.89 bits per heavy atom. The molecule has 2 aliphatic rings. The topological polar surface area (TPSA) is 52.6 Å². The molecule has 2 fully saturated rings. The summed E-state index contributed by atoms with van der Waals surface area (Å²) in [4.78, 5) is 14.1. The first-order chi connectivity index (χ1) is 8.76. The Labute approximate surface area is 109 Å². The molecule has 1 heterocycles. The number of rotatable bonds is 5. The number of hydrogen-bond acceptors (Lipinski definition) is 3. The van der Waals surface area contributed by atoms with Crippen molar-refractivity contribution in [3.8, 4) is 0 Å². The minimum Gasteiger partial charge on any atom is -0.395 e. The fourth-order valence-electron chi connectivity index (χ4n) is 3.30. The van der Waals surface area contributed by atoms with Crippen LogP contribution >= 0.6 is 0 Å². The zero-order chi connectivity index (χ0) is 13.0. The lowest BCUT2D eigenvalue weighted by atomic mass is 9.85. The highest BCUT2D eigenvalue weighted by Gasteiger charge is 2.39. The predicted octanol–water partition coefficient (Wildman–Crippen LogP) is 0.914. The SMILES string of the molecule is C=CCN(CCO)C(=O)C1CC2CCCCC2N1. The van der Waals surface area contributed by atoms with Crippen LogP contribution in [-0.2, 0) is 4.79 Å². The second-order valence-electron chi connectivity index (χ2n) is 5.40. The van der Waals surface area contributed by atoms with Crippen molar-refractivity contribution in [3.05, 3.63) is 12.7 Å². The standard InChI is InChI=1S/C14H24N2O2/c1-2-7-16(8-9-17)14(18)13-10-11-5-3-4-6-12(11)15-13/h2,11-13,15,17H,1,3-10H2. The molecule has 3 unspecified atom stereocenters. The van der Waals surface area contributed by atoms with Gasteiger partial charge in [-0.2, -0.15) is 0 Å². The number of hydrogen-bond donors (Lipinski definition) is 2. The third kappa shape index (κ3) is 2.93. The van der Waals surface area contributed by atoms with Gasteiger partial charge in [-0.15, -0.1) is 6.58 Å². The van der Waals surface area contributed by atoms with Gasteiger partial charge in [-0.1, -0.05) is 18.9 Å². The van der Waals surface area contributed by atoms with Gasteiger partial charge in [0.2, 0.25) is 5.91 Å². The van der Waals surface area contributed by atoms with E-state index in [-0.39, 0.29) is 18.6 Å². The first-order valence-electron chi connectivity index (χ1n) is 7.03. The van der Waals surface area contributed by atoms with Crippen molar-refractivity contribution in [1.29, 1.82) is 0 Å². The van der Waals surface area contributed by atoms with Gasteiger partial charge in [-0.25, -0.2) is 0 Å². The number of carbonyl (C=O) groups is 1. The number of carbonyl (C=O) groups excluding carboxylic acids is 1. The highest BCUT2D eigenvalue weighted by atomic mass is 16.3. The van der Waals surface area contributed by atoms with Crippen molar-refractivity contribution < 1.29 is 9.90 Å². The Hall–Kier alpha value is -0.870. The quantitative estimate of drug-likeness (QED) is 0.715. The van der Waals surface area contributed by atoms with Crippen molar-refractivity contribution in [3.63, 3.8) is 0 Å². The van der Waals surface area contributed by atoms with Gasteiger partial charge in [-0.05, 0) is 25.2 Å². The summed E-state index contributed by atoms with van der Waals surface area (Å²) in [7, 11) is 0. The maximum atomic E-state index is 12.4. The average molecular weight is 252 g/mol. The summed E-state index contributed by atoms with van der Waals surface area (Å²) in [5.74, 6) is 0.797. The molecule has 1 saturated carbocycles. The second-order valence-corrected chi connectivity index (χ2v) is 5.40. The molecule has 0 radical (unpaired) electrons. The first kappa shape index (κ1) is 13.6. The summed E-state index contributed by atoms with van der Waals surface area (Å²) < 4.78 is 0. The molecule has 102 valence electrons. The summed E-state index contributed by atoms with van der Waals surface area (Å²) in [6, 6.07) is 0.483. The molecule has 0 aromatic heterocycles. The van der Waals surface area contributed by atoms with Crippen LogP contribution in [-0.4, -0.2) is 47.7 Å². The van der Waals surface area contributed by atoms with Crippen LogP contribution in [0.25, 0.3) is 0 Å². The normalized spacial score (nSPS) is 30.8. The van der Waals surface area contributed by atoms with Gasteiger partial charge in [0, 0.05) is 19.1 Å². The van der Waals surface area contributed by atoms with Crippen LogP contribution < -0.4 is 5.32 Å². The van der Waals surface area contributed by atoms with Gasteiger partial charge >= 0.3 is 0 Å². The molecule has 0 spiro atoms. The molecule has 0 bridgehead atoms. The number of nitrogens with zero attached hydrogens (tertiary/aromatic N) is 1. The molecule has 4 nitrogen and oxygen atoms in total. The number of nitrogens with one attached hydrogen (secondary N) is 1. The molecule has 2 rings (SSSR count). The largest absolute Gasteiger partial charge is 0.395 e. The van der Waals surface area contributed by atoms with Crippen LogP contribution in [0.15, 0.2) is 12.7 Å². The lowest BCUT2D eigenvalue weighted by Crippen LogP contribution is -2.46. The van der Waals surface area contributed by atoms with E-state index in [1.54, 1.807) is 11.0 Å². The maximum absolute atomic E-state index is 12.4.